The Kier molecular flexibility index (Phi) is 4.63. The Morgan fingerprint density at radius 2 is 2.08 bits per heavy atom. The van der Waals surface area contributed by atoms with E-state index in [4.69, 9.17) is 0 Å². The summed E-state index contributed by atoms with van der Waals surface area (Å²) in [6.07, 6.45) is 5.00. The third kappa shape index (κ3) is 3.05. The molecule has 2 N–H and O–H groups in total. The molecule has 132 valence electrons. The number of rotatable bonds is 4. The summed E-state index contributed by atoms with van der Waals surface area (Å²) in [4.78, 5) is 26.6. The summed E-state index contributed by atoms with van der Waals surface area (Å²) in [5, 5.41) is 12.1. The molecule has 3 rings (SSSR count). The number of fused-ring (bicyclic) bond motifs is 1. The maximum absolute atomic E-state index is 13.0. The number of carbonyl (C=O) groups excluding carboxylic acids is 1. The number of nitrogens with one attached hydrogen (secondary N) is 1. The van der Waals surface area contributed by atoms with Gasteiger partial charge >= 0.3 is 5.97 Å². The van der Waals surface area contributed by atoms with E-state index < -0.39 is 22.0 Å². The standard InChI is InChI=1S/C14H19N3O5S2/c1-8(18)16-14-15-7-12(23-14)24(21,22)17-10-5-3-2-4-9(10)6-11(17)13(19)20/h7,9-11H,2-6H2,1H3,(H,19,20)(H,15,16,18). The first-order valence-electron chi connectivity index (χ1n) is 7.80. The minimum Gasteiger partial charge on any atom is -0.480 e. The van der Waals surface area contributed by atoms with Gasteiger partial charge < -0.3 is 10.4 Å². The van der Waals surface area contributed by atoms with Crippen LogP contribution in [0.4, 0.5) is 5.13 Å². The Morgan fingerprint density at radius 3 is 2.75 bits per heavy atom. The van der Waals surface area contributed by atoms with Crippen molar-refractivity contribution in [1.29, 1.82) is 0 Å². The van der Waals surface area contributed by atoms with Crippen LogP contribution in [0, 0.1) is 5.92 Å². The molecule has 10 heteroatoms. The molecule has 3 atom stereocenters. The number of carboxylic acid groups (broad SMARTS) is 1. The second-order valence-corrected chi connectivity index (χ2v) is 9.30. The fourth-order valence-corrected chi connectivity index (χ4v) is 6.72. The minimum atomic E-state index is -3.96. The number of amides is 1. The van der Waals surface area contributed by atoms with E-state index in [2.05, 4.69) is 10.3 Å². The number of hydrogen-bond acceptors (Lipinski definition) is 6. The molecule has 1 saturated heterocycles. The highest BCUT2D eigenvalue weighted by molar-refractivity contribution is 7.91. The van der Waals surface area contributed by atoms with Crippen molar-refractivity contribution in [3.8, 4) is 0 Å². The molecule has 24 heavy (non-hydrogen) atoms. The topological polar surface area (TPSA) is 117 Å². The maximum atomic E-state index is 13.0. The molecule has 1 saturated carbocycles. The third-order valence-corrected chi connectivity index (χ3v) is 7.90. The first-order valence-corrected chi connectivity index (χ1v) is 10.1. The average molecular weight is 373 g/mol. The second-order valence-electron chi connectivity index (χ2n) is 6.20. The van der Waals surface area contributed by atoms with Crippen LogP contribution in [0.15, 0.2) is 10.4 Å². The van der Waals surface area contributed by atoms with Gasteiger partial charge in [-0.05, 0) is 25.2 Å². The molecule has 0 aromatic carbocycles. The smallest absolute Gasteiger partial charge is 0.322 e. The van der Waals surface area contributed by atoms with Crippen molar-refractivity contribution in [2.75, 3.05) is 5.32 Å². The molecule has 3 unspecified atom stereocenters. The Morgan fingerprint density at radius 1 is 1.38 bits per heavy atom. The van der Waals surface area contributed by atoms with Gasteiger partial charge in [0, 0.05) is 13.0 Å². The van der Waals surface area contributed by atoms with Gasteiger partial charge in [0.25, 0.3) is 10.0 Å². The fourth-order valence-electron chi connectivity index (χ4n) is 3.67. The summed E-state index contributed by atoms with van der Waals surface area (Å²) < 4.78 is 27.2. The van der Waals surface area contributed by atoms with Crippen molar-refractivity contribution < 1.29 is 23.1 Å². The van der Waals surface area contributed by atoms with E-state index >= 15 is 0 Å². The van der Waals surface area contributed by atoms with Crippen LogP contribution in [-0.4, -0.2) is 46.8 Å². The van der Waals surface area contributed by atoms with Gasteiger partial charge in [-0.15, -0.1) is 0 Å². The summed E-state index contributed by atoms with van der Waals surface area (Å²) in [5.41, 5.74) is 0. The number of hydrogen-bond donors (Lipinski definition) is 2. The quantitative estimate of drug-likeness (QED) is 0.826. The van der Waals surface area contributed by atoms with Gasteiger partial charge in [-0.25, -0.2) is 13.4 Å². The van der Waals surface area contributed by atoms with Crippen molar-refractivity contribution in [3.05, 3.63) is 6.20 Å². The van der Waals surface area contributed by atoms with Crippen LogP contribution in [0.3, 0.4) is 0 Å². The Bertz CT molecular complexity index is 760. The third-order valence-electron chi connectivity index (χ3n) is 4.61. The molecular weight excluding hydrogens is 354 g/mol. The van der Waals surface area contributed by atoms with E-state index in [0.29, 0.717) is 12.8 Å². The minimum absolute atomic E-state index is 0.0382. The zero-order valence-electron chi connectivity index (χ0n) is 13.1. The van der Waals surface area contributed by atoms with Crippen molar-refractivity contribution in [2.24, 2.45) is 5.92 Å². The molecule has 2 fully saturated rings. The highest BCUT2D eigenvalue weighted by Gasteiger charge is 2.51. The van der Waals surface area contributed by atoms with Gasteiger partial charge in [0.05, 0.1) is 6.20 Å². The van der Waals surface area contributed by atoms with Crippen LogP contribution in [0.25, 0.3) is 0 Å². The molecular formula is C14H19N3O5S2. The highest BCUT2D eigenvalue weighted by atomic mass is 32.2. The molecule has 2 aliphatic rings. The van der Waals surface area contributed by atoms with Crippen LogP contribution in [-0.2, 0) is 19.6 Å². The SMILES string of the molecule is CC(=O)Nc1ncc(S(=O)(=O)N2C(C(=O)O)CC3CCCCC32)s1. The average Bonchev–Trinajstić information content (AvgIpc) is 3.11. The van der Waals surface area contributed by atoms with E-state index in [1.165, 1.54) is 17.4 Å². The first-order chi connectivity index (χ1) is 11.3. The first kappa shape index (κ1) is 17.3. The van der Waals surface area contributed by atoms with Gasteiger partial charge in [0.1, 0.15) is 6.04 Å². The Labute approximate surface area is 143 Å². The summed E-state index contributed by atoms with van der Waals surface area (Å²) in [6, 6.07) is -1.30. The predicted octanol–water partition coefficient (Wildman–Crippen LogP) is 1.51. The van der Waals surface area contributed by atoms with Crippen LogP contribution < -0.4 is 5.32 Å². The molecule has 1 aliphatic heterocycles. The van der Waals surface area contributed by atoms with Gasteiger partial charge in [0.2, 0.25) is 5.91 Å². The van der Waals surface area contributed by atoms with Gasteiger partial charge in [-0.2, -0.15) is 4.31 Å². The Balaban J connectivity index is 1.95. The monoisotopic (exact) mass is 373 g/mol. The number of thiazole rings is 1. The summed E-state index contributed by atoms with van der Waals surface area (Å²) in [5.74, 6) is -1.36. The van der Waals surface area contributed by atoms with Crippen molar-refractivity contribution in [1.82, 2.24) is 9.29 Å². The molecule has 1 amide bonds. The van der Waals surface area contributed by atoms with E-state index in [0.717, 1.165) is 30.6 Å². The maximum Gasteiger partial charge on any atom is 0.322 e. The van der Waals surface area contributed by atoms with Crippen LogP contribution in [0.1, 0.15) is 39.0 Å². The number of anilines is 1. The molecule has 1 aliphatic carbocycles. The normalized spacial score (nSPS) is 27.6. The van der Waals surface area contributed by atoms with E-state index in [-0.39, 0.29) is 27.2 Å². The summed E-state index contributed by atoms with van der Waals surface area (Å²) in [6.45, 7) is 1.31. The molecule has 0 spiro atoms. The lowest BCUT2D eigenvalue weighted by Gasteiger charge is -2.31. The van der Waals surface area contributed by atoms with Crippen molar-refractivity contribution in [3.63, 3.8) is 0 Å². The van der Waals surface area contributed by atoms with Crippen LogP contribution in [0.2, 0.25) is 0 Å². The van der Waals surface area contributed by atoms with Crippen molar-refractivity contribution in [2.45, 2.75) is 55.3 Å². The fraction of sp³-hybridized carbons (Fsp3) is 0.643. The zero-order valence-corrected chi connectivity index (χ0v) is 14.8. The van der Waals surface area contributed by atoms with E-state index in [1.807, 2.05) is 0 Å². The number of nitrogens with zero attached hydrogens (tertiary/aromatic N) is 2. The molecule has 1 aromatic rings. The molecule has 0 bridgehead atoms. The lowest BCUT2D eigenvalue weighted by atomic mass is 9.85. The molecule has 8 nitrogen and oxygen atoms in total. The number of carbonyl (C=O) groups is 2. The number of sulfonamides is 1. The van der Waals surface area contributed by atoms with Gasteiger partial charge in [-0.1, -0.05) is 24.2 Å². The summed E-state index contributed by atoms with van der Waals surface area (Å²) >= 11 is 0.843. The van der Waals surface area contributed by atoms with Crippen LogP contribution in [0.5, 0.6) is 0 Å². The number of carboxylic acids is 1. The molecule has 1 aromatic heterocycles. The van der Waals surface area contributed by atoms with Gasteiger partial charge in [0.15, 0.2) is 9.34 Å². The lowest BCUT2D eigenvalue weighted by Crippen LogP contribution is -2.45. The molecule has 2 heterocycles. The largest absolute Gasteiger partial charge is 0.480 e. The van der Waals surface area contributed by atoms with Gasteiger partial charge in [-0.3, -0.25) is 9.59 Å². The van der Waals surface area contributed by atoms with Crippen LogP contribution >= 0.6 is 11.3 Å². The summed E-state index contributed by atoms with van der Waals surface area (Å²) in [7, 11) is -3.96. The lowest BCUT2D eigenvalue weighted by molar-refractivity contribution is -0.141. The highest BCUT2D eigenvalue weighted by Crippen LogP contribution is 2.43. The van der Waals surface area contributed by atoms with E-state index in [1.54, 1.807) is 0 Å². The number of aromatic nitrogens is 1. The second kappa shape index (κ2) is 6.41. The Hall–Kier alpha value is -1.52. The predicted molar refractivity (Wildman–Crippen MR) is 87.2 cm³/mol. The molecule has 0 radical (unpaired) electrons. The number of aliphatic carboxylic acids is 1. The van der Waals surface area contributed by atoms with E-state index in [9.17, 15) is 23.1 Å². The van der Waals surface area contributed by atoms with Crippen molar-refractivity contribution >= 4 is 38.4 Å². The zero-order chi connectivity index (χ0) is 17.5.